The number of aromatic amines is 1. The fourth-order valence-electron chi connectivity index (χ4n) is 4.10. The van der Waals surface area contributed by atoms with Gasteiger partial charge in [0.1, 0.15) is 5.69 Å². The van der Waals surface area contributed by atoms with Crippen LogP contribution in [0.3, 0.4) is 0 Å². The van der Waals surface area contributed by atoms with Gasteiger partial charge in [-0.25, -0.2) is 0 Å². The van der Waals surface area contributed by atoms with Gasteiger partial charge in [-0.3, -0.25) is 14.5 Å². The van der Waals surface area contributed by atoms with Crippen molar-refractivity contribution in [2.45, 2.75) is 45.3 Å². The molecule has 29 heavy (non-hydrogen) atoms. The van der Waals surface area contributed by atoms with Crippen molar-refractivity contribution in [3.05, 3.63) is 81.8 Å². The van der Waals surface area contributed by atoms with E-state index in [1.165, 1.54) is 24.8 Å². The fraction of sp³-hybridized carbons (Fsp3) is 0.333. The minimum Gasteiger partial charge on any atom is -0.347 e. The number of rotatable bonds is 5. The molecule has 3 aromatic rings. The summed E-state index contributed by atoms with van der Waals surface area (Å²) in [7, 11) is 0. The molecule has 1 saturated heterocycles. The highest BCUT2D eigenvalue weighted by Gasteiger charge is 2.19. The SMILES string of the molecule is CC1CCCCN1Cc1ccccc1CNC(=O)c1cc2ccccc2c(=O)[nH]1. The monoisotopic (exact) mass is 389 g/mol. The van der Waals surface area contributed by atoms with Gasteiger partial charge >= 0.3 is 0 Å². The van der Waals surface area contributed by atoms with Crippen LogP contribution < -0.4 is 10.9 Å². The van der Waals surface area contributed by atoms with Gasteiger partial charge < -0.3 is 10.3 Å². The minimum absolute atomic E-state index is 0.243. The molecule has 0 spiro atoms. The molecule has 2 N–H and O–H groups in total. The van der Waals surface area contributed by atoms with Gasteiger partial charge in [0, 0.05) is 24.5 Å². The molecule has 0 aliphatic carbocycles. The minimum atomic E-state index is -0.269. The van der Waals surface area contributed by atoms with Gasteiger partial charge in [0.25, 0.3) is 11.5 Å². The standard InChI is InChI=1S/C24H27N3O2/c1-17-8-6-7-13-27(17)16-20-11-3-2-10-19(20)15-25-24(29)22-14-18-9-4-5-12-21(18)23(28)26-22/h2-5,9-12,14,17H,6-8,13,15-16H2,1H3,(H,25,29)(H,26,28). The molecular weight excluding hydrogens is 362 g/mol. The summed E-state index contributed by atoms with van der Waals surface area (Å²) in [4.78, 5) is 30.1. The highest BCUT2D eigenvalue weighted by Crippen LogP contribution is 2.21. The first-order valence-corrected chi connectivity index (χ1v) is 10.3. The lowest BCUT2D eigenvalue weighted by molar-refractivity contribution is 0.0945. The summed E-state index contributed by atoms with van der Waals surface area (Å²) in [6, 6.07) is 17.9. The highest BCUT2D eigenvalue weighted by atomic mass is 16.2. The topological polar surface area (TPSA) is 65.2 Å². The smallest absolute Gasteiger partial charge is 0.268 e. The zero-order valence-electron chi connectivity index (χ0n) is 16.8. The van der Waals surface area contributed by atoms with Crippen LogP contribution >= 0.6 is 0 Å². The number of fused-ring (bicyclic) bond motifs is 1. The third-order valence-corrected chi connectivity index (χ3v) is 5.87. The Morgan fingerprint density at radius 1 is 1.10 bits per heavy atom. The molecule has 1 unspecified atom stereocenters. The van der Waals surface area contributed by atoms with Gasteiger partial charge in [-0.15, -0.1) is 0 Å². The Morgan fingerprint density at radius 3 is 2.69 bits per heavy atom. The van der Waals surface area contributed by atoms with E-state index in [0.29, 0.717) is 18.0 Å². The molecule has 4 rings (SSSR count). The van der Waals surface area contributed by atoms with Crippen molar-refractivity contribution in [3.8, 4) is 0 Å². The first-order chi connectivity index (χ1) is 14.1. The van der Waals surface area contributed by atoms with E-state index in [1.807, 2.05) is 24.3 Å². The number of amides is 1. The van der Waals surface area contributed by atoms with E-state index in [1.54, 1.807) is 12.1 Å². The maximum absolute atomic E-state index is 12.7. The predicted octanol–water partition coefficient (Wildman–Crippen LogP) is 3.83. The van der Waals surface area contributed by atoms with Crippen molar-refractivity contribution in [3.63, 3.8) is 0 Å². The predicted molar refractivity (Wildman–Crippen MR) is 116 cm³/mol. The molecular formula is C24H27N3O2. The number of aromatic nitrogens is 1. The Morgan fingerprint density at radius 2 is 1.86 bits per heavy atom. The summed E-state index contributed by atoms with van der Waals surface area (Å²) in [5.74, 6) is -0.269. The number of pyridine rings is 1. The van der Waals surface area contributed by atoms with Crippen LogP contribution in [0.5, 0.6) is 0 Å². The summed E-state index contributed by atoms with van der Waals surface area (Å²) in [5.41, 5.74) is 2.40. The average Bonchev–Trinajstić information content (AvgIpc) is 2.74. The maximum Gasteiger partial charge on any atom is 0.268 e. The Bertz CT molecular complexity index is 1070. The van der Waals surface area contributed by atoms with Crippen LogP contribution in [-0.2, 0) is 13.1 Å². The van der Waals surface area contributed by atoms with Crippen LogP contribution in [-0.4, -0.2) is 28.4 Å². The number of hydrogen-bond donors (Lipinski definition) is 2. The zero-order valence-corrected chi connectivity index (χ0v) is 16.8. The molecule has 2 aromatic carbocycles. The van der Waals surface area contributed by atoms with Crippen LogP contribution in [0.25, 0.3) is 10.8 Å². The van der Waals surface area contributed by atoms with Crippen LogP contribution in [0.15, 0.2) is 59.4 Å². The van der Waals surface area contributed by atoms with Crippen molar-refractivity contribution in [2.24, 2.45) is 0 Å². The Balaban J connectivity index is 1.48. The molecule has 1 aromatic heterocycles. The van der Waals surface area contributed by atoms with E-state index in [-0.39, 0.29) is 17.2 Å². The van der Waals surface area contributed by atoms with E-state index in [4.69, 9.17) is 0 Å². The second kappa shape index (κ2) is 8.62. The van der Waals surface area contributed by atoms with Gasteiger partial charge in [0.05, 0.1) is 0 Å². The number of carbonyl (C=O) groups excluding carboxylic acids is 1. The maximum atomic E-state index is 12.7. The quantitative estimate of drug-likeness (QED) is 0.697. The number of likely N-dealkylation sites (tertiary alicyclic amines) is 1. The number of H-pyrrole nitrogens is 1. The molecule has 1 fully saturated rings. The molecule has 5 nitrogen and oxygen atoms in total. The lowest BCUT2D eigenvalue weighted by Crippen LogP contribution is -2.37. The van der Waals surface area contributed by atoms with Gasteiger partial charge in [-0.2, -0.15) is 0 Å². The number of nitrogens with one attached hydrogen (secondary N) is 2. The van der Waals surface area contributed by atoms with Gasteiger partial charge in [-0.05, 0) is 55.0 Å². The van der Waals surface area contributed by atoms with Gasteiger partial charge in [-0.1, -0.05) is 48.9 Å². The van der Waals surface area contributed by atoms with Crippen LogP contribution in [0.1, 0.15) is 47.8 Å². The molecule has 1 amide bonds. The first kappa shape index (κ1) is 19.4. The average molecular weight is 389 g/mol. The number of nitrogens with zero attached hydrogens (tertiary/aromatic N) is 1. The molecule has 0 radical (unpaired) electrons. The molecule has 0 bridgehead atoms. The van der Waals surface area contributed by atoms with Gasteiger partial charge in [0.2, 0.25) is 0 Å². The Labute approximate surface area is 170 Å². The fourth-order valence-corrected chi connectivity index (χ4v) is 4.10. The third kappa shape index (κ3) is 4.40. The van der Waals surface area contributed by atoms with Crippen LogP contribution in [0.4, 0.5) is 0 Å². The second-order valence-electron chi connectivity index (χ2n) is 7.87. The third-order valence-electron chi connectivity index (χ3n) is 5.87. The van der Waals surface area contributed by atoms with E-state index in [9.17, 15) is 9.59 Å². The summed E-state index contributed by atoms with van der Waals surface area (Å²) in [6.45, 7) is 4.76. The summed E-state index contributed by atoms with van der Waals surface area (Å²) >= 11 is 0. The Kier molecular flexibility index (Phi) is 5.76. The van der Waals surface area contributed by atoms with E-state index < -0.39 is 0 Å². The molecule has 5 heteroatoms. The number of piperidine rings is 1. The van der Waals surface area contributed by atoms with E-state index >= 15 is 0 Å². The molecule has 1 aliphatic heterocycles. The lowest BCUT2D eigenvalue weighted by Gasteiger charge is -2.33. The molecule has 150 valence electrons. The highest BCUT2D eigenvalue weighted by molar-refractivity contribution is 5.96. The lowest BCUT2D eigenvalue weighted by atomic mass is 10.0. The van der Waals surface area contributed by atoms with Crippen molar-refractivity contribution in [1.82, 2.24) is 15.2 Å². The number of hydrogen-bond acceptors (Lipinski definition) is 3. The van der Waals surface area contributed by atoms with Gasteiger partial charge in [0.15, 0.2) is 0 Å². The summed E-state index contributed by atoms with van der Waals surface area (Å²) in [5, 5.41) is 4.32. The first-order valence-electron chi connectivity index (χ1n) is 10.3. The van der Waals surface area contributed by atoms with Crippen molar-refractivity contribution in [1.29, 1.82) is 0 Å². The zero-order chi connectivity index (χ0) is 20.2. The van der Waals surface area contributed by atoms with Crippen molar-refractivity contribution < 1.29 is 4.79 Å². The molecule has 0 saturated carbocycles. The summed E-state index contributed by atoms with van der Waals surface area (Å²) in [6.07, 6.45) is 3.80. The van der Waals surface area contributed by atoms with Crippen molar-refractivity contribution in [2.75, 3.05) is 6.54 Å². The molecule has 2 heterocycles. The molecule has 1 aliphatic rings. The normalized spacial score (nSPS) is 17.3. The Hall–Kier alpha value is -2.92. The number of carbonyl (C=O) groups is 1. The second-order valence-corrected chi connectivity index (χ2v) is 7.87. The van der Waals surface area contributed by atoms with Crippen LogP contribution in [0, 0.1) is 0 Å². The van der Waals surface area contributed by atoms with Crippen LogP contribution in [0.2, 0.25) is 0 Å². The summed E-state index contributed by atoms with van der Waals surface area (Å²) < 4.78 is 0. The van der Waals surface area contributed by atoms with Crippen molar-refractivity contribution >= 4 is 16.7 Å². The largest absolute Gasteiger partial charge is 0.347 e. The van der Waals surface area contributed by atoms with E-state index in [2.05, 4.69) is 40.3 Å². The molecule has 1 atom stereocenters. The number of benzene rings is 2. The van der Waals surface area contributed by atoms with E-state index in [0.717, 1.165) is 24.0 Å².